The molecule has 26 heavy (non-hydrogen) atoms. The second-order valence-electron chi connectivity index (χ2n) is 6.78. The summed E-state index contributed by atoms with van der Waals surface area (Å²) in [5, 5.41) is 21.9. The summed E-state index contributed by atoms with van der Waals surface area (Å²) in [6.45, 7) is 4.29. The molecule has 0 aliphatic carbocycles. The van der Waals surface area contributed by atoms with Crippen molar-refractivity contribution in [2.75, 3.05) is 23.3 Å². The van der Waals surface area contributed by atoms with Gasteiger partial charge >= 0.3 is 0 Å². The molecule has 2 heterocycles. The molecule has 5 heteroatoms. The van der Waals surface area contributed by atoms with Crippen molar-refractivity contribution in [2.24, 2.45) is 0 Å². The van der Waals surface area contributed by atoms with Gasteiger partial charge in [-0.05, 0) is 62.6 Å². The Bertz CT molecular complexity index is 966. The normalized spacial score (nSPS) is 14.2. The molecule has 1 saturated heterocycles. The van der Waals surface area contributed by atoms with Crippen LogP contribution in [0.5, 0.6) is 0 Å². The maximum Gasteiger partial charge on any atom is 0.187 e. The fourth-order valence-corrected chi connectivity index (χ4v) is 3.48. The van der Waals surface area contributed by atoms with Crippen LogP contribution in [-0.2, 0) is 0 Å². The standard InChI is InChI=1S/C21H21N5/c1-15-5-10-19-18(13-15)21(20(14-22)25-24-19)23-16-6-8-17(9-7-16)26-11-3-2-4-12-26/h5-10,13H,2-4,11-12H2,1H3,(H,23,24). The molecule has 1 N–H and O–H groups in total. The van der Waals surface area contributed by atoms with E-state index >= 15 is 0 Å². The Balaban J connectivity index is 1.66. The lowest BCUT2D eigenvalue weighted by Gasteiger charge is -2.28. The zero-order valence-corrected chi connectivity index (χ0v) is 14.9. The van der Waals surface area contributed by atoms with Gasteiger partial charge in [0.15, 0.2) is 5.69 Å². The summed E-state index contributed by atoms with van der Waals surface area (Å²) < 4.78 is 0. The van der Waals surface area contributed by atoms with Crippen molar-refractivity contribution in [1.29, 1.82) is 5.26 Å². The molecular weight excluding hydrogens is 322 g/mol. The fourth-order valence-electron chi connectivity index (χ4n) is 3.48. The first kappa shape index (κ1) is 16.3. The molecular formula is C21H21N5. The predicted molar refractivity (Wildman–Crippen MR) is 105 cm³/mol. The molecule has 1 aliphatic heterocycles. The van der Waals surface area contributed by atoms with Gasteiger partial charge in [-0.3, -0.25) is 0 Å². The Kier molecular flexibility index (Phi) is 4.40. The zero-order valence-electron chi connectivity index (χ0n) is 14.9. The number of rotatable bonds is 3. The van der Waals surface area contributed by atoms with Gasteiger partial charge in [0.2, 0.25) is 0 Å². The molecule has 5 nitrogen and oxygen atoms in total. The maximum absolute atomic E-state index is 9.44. The van der Waals surface area contributed by atoms with E-state index in [-0.39, 0.29) is 0 Å². The number of benzene rings is 2. The second-order valence-corrected chi connectivity index (χ2v) is 6.78. The smallest absolute Gasteiger partial charge is 0.187 e. The van der Waals surface area contributed by atoms with Gasteiger partial charge in [-0.15, -0.1) is 10.2 Å². The van der Waals surface area contributed by atoms with Gasteiger partial charge in [-0.25, -0.2) is 0 Å². The first-order valence-corrected chi connectivity index (χ1v) is 9.04. The zero-order chi connectivity index (χ0) is 17.9. The molecule has 0 saturated carbocycles. The van der Waals surface area contributed by atoms with Crippen LogP contribution in [0, 0.1) is 18.3 Å². The Morgan fingerprint density at radius 1 is 1.00 bits per heavy atom. The second kappa shape index (κ2) is 7.01. The number of fused-ring (bicyclic) bond motifs is 1. The van der Waals surface area contributed by atoms with Crippen LogP contribution in [0.4, 0.5) is 17.1 Å². The van der Waals surface area contributed by atoms with E-state index in [4.69, 9.17) is 0 Å². The van der Waals surface area contributed by atoms with Crippen LogP contribution in [0.15, 0.2) is 42.5 Å². The lowest BCUT2D eigenvalue weighted by atomic mass is 10.1. The molecule has 0 bridgehead atoms. The van der Waals surface area contributed by atoms with Gasteiger partial charge in [0.25, 0.3) is 0 Å². The van der Waals surface area contributed by atoms with Gasteiger partial charge in [-0.1, -0.05) is 11.6 Å². The summed E-state index contributed by atoms with van der Waals surface area (Å²) in [6, 6.07) is 16.5. The third-order valence-corrected chi connectivity index (χ3v) is 4.88. The summed E-state index contributed by atoms with van der Waals surface area (Å²) in [5.74, 6) is 0. The van der Waals surface area contributed by atoms with Crippen molar-refractivity contribution in [3.63, 3.8) is 0 Å². The van der Waals surface area contributed by atoms with Crippen molar-refractivity contribution in [1.82, 2.24) is 10.2 Å². The van der Waals surface area contributed by atoms with E-state index < -0.39 is 0 Å². The highest BCUT2D eigenvalue weighted by Crippen LogP contribution is 2.29. The number of aryl methyl sites for hydroxylation is 1. The van der Waals surface area contributed by atoms with Crippen LogP contribution in [-0.4, -0.2) is 23.3 Å². The molecule has 1 aliphatic rings. The number of nitriles is 1. The van der Waals surface area contributed by atoms with Crippen LogP contribution in [0.1, 0.15) is 30.5 Å². The van der Waals surface area contributed by atoms with Gasteiger partial charge in [0, 0.05) is 29.9 Å². The van der Waals surface area contributed by atoms with Crippen LogP contribution < -0.4 is 10.2 Å². The number of nitrogens with zero attached hydrogens (tertiary/aromatic N) is 4. The molecule has 1 aromatic heterocycles. The predicted octanol–water partition coefficient (Wildman–Crippen LogP) is 4.54. The number of aromatic nitrogens is 2. The van der Waals surface area contributed by atoms with E-state index in [9.17, 15) is 5.26 Å². The summed E-state index contributed by atoms with van der Waals surface area (Å²) in [4.78, 5) is 2.43. The topological polar surface area (TPSA) is 64.8 Å². The highest BCUT2D eigenvalue weighted by molar-refractivity contribution is 5.95. The van der Waals surface area contributed by atoms with Crippen molar-refractivity contribution >= 4 is 28.0 Å². The van der Waals surface area contributed by atoms with E-state index in [1.807, 2.05) is 25.1 Å². The SMILES string of the molecule is Cc1ccc2nnc(C#N)c(Nc3ccc(N4CCCCC4)cc3)c2c1. The molecule has 0 unspecified atom stereocenters. The summed E-state index contributed by atoms with van der Waals surface area (Å²) in [6.07, 6.45) is 3.85. The summed E-state index contributed by atoms with van der Waals surface area (Å²) >= 11 is 0. The van der Waals surface area contributed by atoms with Gasteiger partial charge in [-0.2, -0.15) is 5.26 Å². The minimum absolute atomic E-state index is 0.309. The first-order valence-electron chi connectivity index (χ1n) is 9.04. The molecule has 0 atom stereocenters. The third-order valence-electron chi connectivity index (χ3n) is 4.88. The maximum atomic E-state index is 9.44. The largest absolute Gasteiger partial charge is 0.372 e. The van der Waals surface area contributed by atoms with E-state index in [2.05, 4.69) is 50.7 Å². The van der Waals surface area contributed by atoms with Crippen molar-refractivity contribution in [2.45, 2.75) is 26.2 Å². The third kappa shape index (κ3) is 3.18. The number of hydrogen-bond acceptors (Lipinski definition) is 5. The number of hydrogen-bond donors (Lipinski definition) is 1. The van der Waals surface area contributed by atoms with E-state index in [1.165, 1.54) is 24.9 Å². The highest BCUT2D eigenvalue weighted by Gasteiger charge is 2.13. The Morgan fingerprint density at radius 2 is 1.77 bits per heavy atom. The van der Waals surface area contributed by atoms with Gasteiger partial charge in [0.1, 0.15) is 6.07 Å². The monoisotopic (exact) mass is 343 g/mol. The Labute approximate surface area is 153 Å². The number of nitrogens with one attached hydrogen (secondary N) is 1. The molecule has 0 amide bonds. The Hall–Kier alpha value is -3.13. The molecule has 3 aromatic rings. The number of piperidine rings is 1. The van der Waals surface area contributed by atoms with Crippen LogP contribution in [0.3, 0.4) is 0 Å². The van der Waals surface area contributed by atoms with Crippen molar-refractivity contribution in [3.8, 4) is 6.07 Å². The molecule has 0 spiro atoms. The first-order chi connectivity index (χ1) is 12.7. The van der Waals surface area contributed by atoms with Gasteiger partial charge < -0.3 is 10.2 Å². The molecule has 130 valence electrons. The highest BCUT2D eigenvalue weighted by atomic mass is 15.1. The van der Waals surface area contributed by atoms with Crippen LogP contribution in [0.2, 0.25) is 0 Å². The van der Waals surface area contributed by atoms with Gasteiger partial charge in [0.05, 0.1) is 11.2 Å². The van der Waals surface area contributed by atoms with Crippen molar-refractivity contribution in [3.05, 3.63) is 53.7 Å². The van der Waals surface area contributed by atoms with Crippen LogP contribution in [0.25, 0.3) is 10.9 Å². The minimum atomic E-state index is 0.309. The average molecular weight is 343 g/mol. The molecule has 4 rings (SSSR count). The Morgan fingerprint density at radius 3 is 2.50 bits per heavy atom. The lowest BCUT2D eigenvalue weighted by Crippen LogP contribution is -2.29. The summed E-state index contributed by atoms with van der Waals surface area (Å²) in [7, 11) is 0. The van der Waals surface area contributed by atoms with E-state index in [1.54, 1.807) is 0 Å². The van der Waals surface area contributed by atoms with Crippen LogP contribution >= 0.6 is 0 Å². The van der Waals surface area contributed by atoms with Crippen molar-refractivity contribution < 1.29 is 0 Å². The average Bonchev–Trinajstić information content (AvgIpc) is 2.69. The number of anilines is 3. The minimum Gasteiger partial charge on any atom is -0.372 e. The fraction of sp³-hybridized carbons (Fsp3) is 0.286. The molecule has 2 aromatic carbocycles. The lowest BCUT2D eigenvalue weighted by molar-refractivity contribution is 0.578. The molecule has 1 fully saturated rings. The van der Waals surface area contributed by atoms with E-state index in [0.717, 1.165) is 35.2 Å². The molecule has 0 radical (unpaired) electrons. The quantitative estimate of drug-likeness (QED) is 0.756. The summed E-state index contributed by atoms with van der Waals surface area (Å²) in [5.41, 5.74) is 5.12. The van der Waals surface area contributed by atoms with E-state index in [0.29, 0.717) is 11.4 Å².